The van der Waals surface area contributed by atoms with Crippen LogP contribution in [-0.4, -0.2) is 32.9 Å². The van der Waals surface area contributed by atoms with Crippen molar-refractivity contribution in [3.63, 3.8) is 0 Å². The number of non-ortho nitro benzene ring substituents is 1. The van der Waals surface area contributed by atoms with Crippen LogP contribution >= 0.6 is 0 Å². The number of carbonyl (C=O) groups is 1. The fourth-order valence-corrected chi connectivity index (χ4v) is 3.89. The van der Waals surface area contributed by atoms with E-state index in [2.05, 4.69) is 20.6 Å². The molecule has 0 aliphatic heterocycles. The number of nitro benzene ring substituents is 1. The number of pyridine rings is 1. The quantitative estimate of drug-likeness (QED) is 0.298. The second-order valence-corrected chi connectivity index (χ2v) is 7.60. The van der Waals surface area contributed by atoms with E-state index in [1.165, 1.54) is 6.07 Å². The van der Waals surface area contributed by atoms with Crippen molar-refractivity contribution in [3.05, 3.63) is 52.0 Å². The third-order valence-electron chi connectivity index (χ3n) is 5.48. The Morgan fingerprint density at radius 2 is 2.03 bits per heavy atom. The van der Waals surface area contributed by atoms with Gasteiger partial charge in [-0.3, -0.25) is 14.9 Å². The van der Waals surface area contributed by atoms with Crippen molar-refractivity contribution < 1.29 is 14.1 Å². The maximum atomic E-state index is 14.7. The van der Waals surface area contributed by atoms with E-state index in [0.717, 1.165) is 31.7 Å². The van der Waals surface area contributed by atoms with Gasteiger partial charge in [0.05, 0.1) is 10.5 Å². The summed E-state index contributed by atoms with van der Waals surface area (Å²) in [5.41, 5.74) is 11.9. The van der Waals surface area contributed by atoms with E-state index >= 15 is 0 Å². The second kappa shape index (κ2) is 8.19. The molecule has 2 aromatic heterocycles. The number of aromatic amines is 1. The minimum absolute atomic E-state index is 0.00929. The summed E-state index contributed by atoms with van der Waals surface area (Å²) in [5.74, 6) is -1.69. The van der Waals surface area contributed by atoms with Crippen LogP contribution in [0.2, 0.25) is 0 Å². The van der Waals surface area contributed by atoms with Crippen LogP contribution in [0.15, 0.2) is 30.5 Å². The molecule has 162 valence electrons. The molecule has 1 aliphatic rings. The first-order valence-corrected chi connectivity index (χ1v) is 9.88. The maximum Gasteiger partial charge on any atom is 0.295 e. The van der Waals surface area contributed by atoms with Crippen LogP contribution in [-0.2, 0) is 0 Å². The molecule has 2 heterocycles. The van der Waals surface area contributed by atoms with Gasteiger partial charge in [-0.25, -0.2) is 9.37 Å². The van der Waals surface area contributed by atoms with Crippen molar-refractivity contribution in [1.82, 2.24) is 9.97 Å². The summed E-state index contributed by atoms with van der Waals surface area (Å²) < 4.78 is 14.7. The number of nitrogens with zero attached hydrogens (tertiary/aromatic N) is 2. The smallest absolute Gasteiger partial charge is 0.295 e. The summed E-state index contributed by atoms with van der Waals surface area (Å²) in [7, 11) is 0. The molecule has 1 aliphatic carbocycles. The number of amides is 1. The van der Waals surface area contributed by atoms with E-state index in [-0.39, 0.29) is 35.0 Å². The zero-order valence-electron chi connectivity index (χ0n) is 16.5. The van der Waals surface area contributed by atoms with E-state index in [1.807, 2.05) is 0 Å². The molecule has 0 saturated heterocycles. The lowest BCUT2D eigenvalue weighted by Crippen LogP contribution is -2.43. The second-order valence-electron chi connectivity index (χ2n) is 7.60. The highest BCUT2D eigenvalue weighted by atomic mass is 19.1. The van der Waals surface area contributed by atoms with E-state index in [4.69, 9.17) is 11.5 Å². The Labute approximate surface area is 176 Å². The Balaban J connectivity index is 1.72. The number of H-pyrrole nitrogens is 1. The number of halogens is 1. The topological polar surface area (TPSA) is 165 Å². The Morgan fingerprint density at radius 3 is 2.74 bits per heavy atom. The molecule has 0 unspecified atom stereocenters. The maximum absolute atomic E-state index is 14.7. The average Bonchev–Trinajstić information content (AvgIpc) is 3.19. The van der Waals surface area contributed by atoms with Crippen LogP contribution in [0.5, 0.6) is 0 Å². The number of carbonyl (C=O) groups excluding carboxylic acids is 1. The molecule has 1 saturated carbocycles. The van der Waals surface area contributed by atoms with Crippen LogP contribution < -0.4 is 22.1 Å². The number of fused-ring (bicyclic) bond motifs is 1. The number of hydrogen-bond acceptors (Lipinski definition) is 7. The Bertz CT molecular complexity index is 1160. The summed E-state index contributed by atoms with van der Waals surface area (Å²) >= 11 is 0. The first-order valence-electron chi connectivity index (χ1n) is 9.88. The highest BCUT2D eigenvalue weighted by Gasteiger charge is 2.25. The summed E-state index contributed by atoms with van der Waals surface area (Å²) in [4.78, 5) is 29.9. The SMILES string of the molecule is NC(=O)c1cc(F)c(N[C@@H]2CCCC[C@@H]2N)nc1Nc1cc([N+](=O)[O-])c2[nH]ccc2c1. The lowest BCUT2D eigenvalue weighted by molar-refractivity contribution is -0.383. The molecule has 3 aromatic rings. The lowest BCUT2D eigenvalue weighted by atomic mass is 9.91. The van der Waals surface area contributed by atoms with Gasteiger partial charge in [0.15, 0.2) is 11.6 Å². The van der Waals surface area contributed by atoms with Crippen molar-refractivity contribution in [2.75, 3.05) is 10.6 Å². The highest BCUT2D eigenvalue weighted by Crippen LogP contribution is 2.32. The fourth-order valence-electron chi connectivity index (χ4n) is 3.89. The molecule has 1 amide bonds. The number of nitrogens with two attached hydrogens (primary N) is 2. The highest BCUT2D eigenvalue weighted by molar-refractivity contribution is 5.99. The molecule has 7 N–H and O–H groups in total. The summed E-state index contributed by atoms with van der Waals surface area (Å²) in [6, 6.07) is 5.34. The summed E-state index contributed by atoms with van der Waals surface area (Å²) in [6.07, 6.45) is 5.17. The third-order valence-corrected chi connectivity index (χ3v) is 5.48. The van der Waals surface area contributed by atoms with Crippen LogP contribution in [0.25, 0.3) is 10.9 Å². The normalized spacial score (nSPS) is 18.6. The molecular formula is C20H22FN7O3. The standard InChI is InChI=1S/C20H22FN7O3/c21-13-9-12(18(23)29)19(27-20(13)26-15-4-2-1-3-14(15)22)25-11-7-10-5-6-24-17(10)16(8-11)28(30)31/h5-9,14-15,24H,1-4,22H2,(H2,23,29)(H2,25,26,27)/t14-,15+/m0/s1. The minimum Gasteiger partial charge on any atom is -0.365 e. The number of aromatic nitrogens is 2. The van der Waals surface area contributed by atoms with E-state index in [1.54, 1.807) is 18.3 Å². The van der Waals surface area contributed by atoms with Crippen molar-refractivity contribution in [1.29, 1.82) is 0 Å². The number of nitrogens with one attached hydrogen (secondary N) is 3. The molecule has 1 fully saturated rings. The molecule has 0 radical (unpaired) electrons. The van der Waals surface area contributed by atoms with Crippen LogP contribution in [0, 0.1) is 15.9 Å². The predicted molar refractivity (Wildman–Crippen MR) is 115 cm³/mol. The zero-order valence-corrected chi connectivity index (χ0v) is 16.5. The molecule has 10 nitrogen and oxygen atoms in total. The van der Waals surface area contributed by atoms with Crippen LogP contribution in [0.3, 0.4) is 0 Å². The zero-order chi connectivity index (χ0) is 22.1. The molecule has 1 aromatic carbocycles. The van der Waals surface area contributed by atoms with Crippen molar-refractivity contribution in [2.45, 2.75) is 37.8 Å². The van der Waals surface area contributed by atoms with Gasteiger partial charge in [0.2, 0.25) is 0 Å². The first-order chi connectivity index (χ1) is 14.8. The number of benzene rings is 1. The molecule has 0 bridgehead atoms. The Kier molecular flexibility index (Phi) is 5.42. The van der Waals surface area contributed by atoms with E-state index < -0.39 is 16.6 Å². The summed E-state index contributed by atoms with van der Waals surface area (Å²) in [6.45, 7) is 0. The Hall–Kier alpha value is -3.73. The van der Waals surface area contributed by atoms with E-state index in [9.17, 15) is 19.3 Å². The number of hydrogen-bond donors (Lipinski definition) is 5. The molecule has 4 rings (SSSR count). The van der Waals surface area contributed by atoms with Gasteiger partial charge in [-0.2, -0.15) is 0 Å². The van der Waals surface area contributed by atoms with Gasteiger partial charge < -0.3 is 27.1 Å². The van der Waals surface area contributed by atoms with Gasteiger partial charge >= 0.3 is 0 Å². The molecule has 31 heavy (non-hydrogen) atoms. The van der Waals surface area contributed by atoms with Crippen LogP contribution in [0.1, 0.15) is 36.0 Å². The third kappa shape index (κ3) is 4.12. The lowest BCUT2D eigenvalue weighted by Gasteiger charge is -2.30. The number of rotatable bonds is 6. The average molecular weight is 427 g/mol. The van der Waals surface area contributed by atoms with Crippen molar-refractivity contribution in [3.8, 4) is 0 Å². The first kappa shape index (κ1) is 20.5. The summed E-state index contributed by atoms with van der Waals surface area (Å²) in [5, 5.41) is 17.9. The molecule has 2 atom stereocenters. The number of primary amides is 1. The van der Waals surface area contributed by atoms with E-state index in [0.29, 0.717) is 16.6 Å². The monoisotopic (exact) mass is 427 g/mol. The van der Waals surface area contributed by atoms with Gasteiger partial charge in [-0.1, -0.05) is 12.8 Å². The van der Waals surface area contributed by atoms with Gasteiger partial charge in [-0.05, 0) is 31.0 Å². The molecular weight excluding hydrogens is 405 g/mol. The van der Waals surface area contributed by atoms with Crippen molar-refractivity contribution in [2.24, 2.45) is 11.5 Å². The molecule has 0 spiro atoms. The van der Waals surface area contributed by atoms with Crippen LogP contribution in [0.4, 0.5) is 27.4 Å². The number of anilines is 3. The van der Waals surface area contributed by atoms with Crippen molar-refractivity contribution >= 4 is 39.8 Å². The number of nitro groups is 1. The van der Waals surface area contributed by atoms with Gasteiger partial charge in [-0.15, -0.1) is 0 Å². The molecule has 11 heteroatoms. The fraction of sp³-hybridized carbons (Fsp3) is 0.300. The van der Waals surface area contributed by atoms with Gasteiger partial charge in [0, 0.05) is 35.4 Å². The largest absolute Gasteiger partial charge is 0.365 e. The van der Waals surface area contributed by atoms with Gasteiger partial charge in [0.25, 0.3) is 11.6 Å². The minimum atomic E-state index is -0.882. The predicted octanol–water partition coefficient (Wildman–Crippen LogP) is 3.13. The Morgan fingerprint density at radius 1 is 1.26 bits per heavy atom. The van der Waals surface area contributed by atoms with Gasteiger partial charge in [0.1, 0.15) is 11.3 Å².